The summed E-state index contributed by atoms with van der Waals surface area (Å²) in [5, 5.41) is 20.3. The van der Waals surface area contributed by atoms with Crippen LogP contribution >= 0.6 is 0 Å². The Bertz CT molecular complexity index is 868. The highest BCUT2D eigenvalue weighted by Crippen LogP contribution is 2.49. The second kappa shape index (κ2) is 6.14. The largest absolute Gasteiger partial charge is 0.504 e. The number of rotatable bonds is 4. The van der Waals surface area contributed by atoms with Crippen molar-refractivity contribution in [3.63, 3.8) is 0 Å². The van der Waals surface area contributed by atoms with Crippen LogP contribution in [0.15, 0.2) is 12.1 Å². The van der Waals surface area contributed by atoms with E-state index < -0.39 is 11.6 Å². The van der Waals surface area contributed by atoms with Crippen LogP contribution in [-0.2, 0) is 0 Å². The van der Waals surface area contributed by atoms with Crippen LogP contribution in [0.4, 0.5) is 0 Å². The predicted octanol–water partition coefficient (Wildman–Crippen LogP) is 1.91. The second-order valence-electron chi connectivity index (χ2n) is 5.43. The third kappa shape index (κ3) is 2.15. The highest BCUT2D eigenvalue weighted by Gasteiger charge is 2.39. The number of benzene rings is 2. The molecule has 0 aliphatic heterocycles. The predicted molar refractivity (Wildman–Crippen MR) is 89.3 cm³/mol. The van der Waals surface area contributed by atoms with Crippen LogP contribution in [0.25, 0.3) is 0 Å². The number of fused-ring (bicyclic) bond motifs is 2. The quantitative estimate of drug-likeness (QED) is 0.726. The minimum Gasteiger partial charge on any atom is -0.504 e. The molecule has 2 aromatic rings. The van der Waals surface area contributed by atoms with Gasteiger partial charge in [0.25, 0.3) is 0 Å². The third-order valence-electron chi connectivity index (χ3n) is 4.19. The lowest BCUT2D eigenvalue weighted by molar-refractivity contribution is 0.0972. The molecule has 2 aromatic carbocycles. The molecule has 0 amide bonds. The number of phenolic OH excluding ortho intramolecular Hbond substituents is 2. The summed E-state index contributed by atoms with van der Waals surface area (Å²) >= 11 is 0. The molecule has 0 saturated carbocycles. The molecule has 26 heavy (non-hydrogen) atoms. The first kappa shape index (κ1) is 17.4. The molecule has 0 radical (unpaired) electrons. The van der Waals surface area contributed by atoms with Crippen LogP contribution in [0.1, 0.15) is 31.8 Å². The Hall–Kier alpha value is -3.42. The van der Waals surface area contributed by atoms with E-state index in [1.165, 1.54) is 28.4 Å². The van der Waals surface area contributed by atoms with E-state index in [2.05, 4.69) is 0 Å². The summed E-state index contributed by atoms with van der Waals surface area (Å²) in [5.41, 5.74) is -0.259. The van der Waals surface area contributed by atoms with Gasteiger partial charge < -0.3 is 29.2 Å². The maximum Gasteiger partial charge on any atom is 0.203 e. The maximum atomic E-state index is 13.1. The molecule has 0 fully saturated rings. The van der Waals surface area contributed by atoms with Crippen molar-refractivity contribution < 1.29 is 38.7 Å². The highest BCUT2D eigenvalue weighted by atomic mass is 16.5. The molecule has 1 aliphatic rings. The van der Waals surface area contributed by atoms with Crippen molar-refractivity contribution in [2.45, 2.75) is 0 Å². The summed E-state index contributed by atoms with van der Waals surface area (Å²) < 4.78 is 20.6. The Morgan fingerprint density at radius 2 is 0.923 bits per heavy atom. The second-order valence-corrected chi connectivity index (χ2v) is 5.43. The molecule has 0 spiro atoms. The van der Waals surface area contributed by atoms with E-state index in [4.69, 9.17) is 18.9 Å². The molecule has 1 aliphatic carbocycles. The van der Waals surface area contributed by atoms with E-state index in [0.717, 1.165) is 12.1 Å². The first-order valence-electron chi connectivity index (χ1n) is 7.46. The number of carbonyl (C=O) groups excluding carboxylic acids is 2. The molecule has 136 valence electrons. The Morgan fingerprint density at radius 3 is 1.19 bits per heavy atom. The Kier molecular flexibility index (Phi) is 4.11. The maximum absolute atomic E-state index is 13.1. The van der Waals surface area contributed by atoms with Gasteiger partial charge in [0.1, 0.15) is 0 Å². The van der Waals surface area contributed by atoms with Crippen molar-refractivity contribution in [2.24, 2.45) is 0 Å². The van der Waals surface area contributed by atoms with Crippen LogP contribution in [0.3, 0.4) is 0 Å². The third-order valence-corrected chi connectivity index (χ3v) is 4.19. The van der Waals surface area contributed by atoms with Gasteiger partial charge in [-0.25, -0.2) is 0 Å². The first-order valence-corrected chi connectivity index (χ1v) is 7.46. The van der Waals surface area contributed by atoms with Crippen LogP contribution in [-0.4, -0.2) is 50.2 Å². The van der Waals surface area contributed by atoms with Crippen LogP contribution < -0.4 is 18.9 Å². The number of carbonyl (C=O) groups is 2. The van der Waals surface area contributed by atoms with Crippen LogP contribution in [0.2, 0.25) is 0 Å². The zero-order chi connectivity index (χ0) is 19.2. The number of ether oxygens (including phenoxy) is 4. The number of phenols is 2. The van der Waals surface area contributed by atoms with Gasteiger partial charge in [-0.05, 0) is 12.1 Å². The monoisotopic (exact) mass is 360 g/mol. The number of aromatic hydroxyl groups is 2. The fourth-order valence-corrected chi connectivity index (χ4v) is 3.12. The van der Waals surface area contributed by atoms with E-state index in [-0.39, 0.29) is 56.8 Å². The summed E-state index contributed by atoms with van der Waals surface area (Å²) in [5.74, 6) is -2.14. The lowest BCUT2D eigenvalue weighted by atomic mass is 9.82. The van der Waals surface area contributed by atoms with E-state index in [1.807, 2.05) is 0 Å². The smallest absolute Gasteiger partial charge is 0.203 e. The summed E-state index contributed by atoms with van der Waals surface area (Å²) in [6, 6.07) is 2.28. The molecule has 0 heterocycles. The van der Waals surface area contributed by atoms with Crippen LogP contribution in [0.5, 0.6) is 34.5 Å². The average molecular weight is 360 g/mol. The Labute approximate surface area is 148 Å². The van der Waals surface area contributed by atoms with Crippen molar-refractivity contribution in [3.8, 4) is 34.5 Å². The molecular weight excluding hydrogens is 344 g/mol. The van der Waals surface area contributed by atoms with E-state index >= 15 is 0 Å². The Balaban J connectivity index is 2.41. The molecule has 0 bridgehead atoms. The molecule has 2 N–H and O–H groups in total. The number of hydrogen-bond donors (Lipinski definition) is 2. The van der Waals surface area contributed by atoms with Gasteiger partial charge in [0.05, 0.1) is 39.6 Å². The molecule has 8 heteroatoms. The van der Waals surface area contributed by atoms with Gasteiger partial charge >= 0.3 is 0 Å². The SMILES string of the molecule is COc1c(O)cc2c(c1OC)C(=O)c1cc(O)c(OC)c(OC)c1C2=O. The van der Waals surface area contributed by atoms with Gasteiger partial charge in [-0.1, -0.05) is 0 Å². The normalized spacial score (nSPS) is 12.3. The van der Waals surface area contributed by atoms with E-state index in [9.17, 15) is 19.8 Å². The van der Waals surface area contributed by atoms with Gasteiger partial charge in [-0.15, -0.1) is 0 Å². The lowest BCUT2D eigenvalue weighted by Gasteiger charge is -2.24. The molecule has 0 unspecified atom stereocenters. The molecule has 8 nitrogen and oxygen atoms in total. The number of hydrogen-bond acceptors (Lipinski definition) is 8. The fraction of sp³-hybridized carbons (Fsp3) is 0.222. The van der Waals surface area contributed by atoms with Crippen LogP contribution in [0, 0.1) is 0 Å². The Morgan fingerprint density at radius 1 is 0.615 bits per heavy atom. The molecule has 0 aromatic heterocycles. The standard InChI is InChI=1S/C18H16O8/c1-23-15-9(19)5-7-11(17(15)25-3)13(21)8-6-10(20)16(24-2)18(26-4)12(8)14(7)22/h5-6,19-20H,1-4H3. The van der Waals surface area contributed by atoms with Crippen molar-refractivity contribution >= 4 is 11.6 Å². The van der Waals surface area contributed by atoms with Crippen molar-refractivity contribution in [2.75, 3.05) is 28.4 Å². The summed E-state index contributed by atoms with van der Waals surface area (Å²) in [6.07, 6.45) is 0. The lowest BCUT2D eigenvalue weighted by Crippen LogP contribution is -2.23. The fourth-order valence-electron chi connectivity index (χ4n) is 3.12. The van der Waals surface area contributed by atoms with E-state index in [1.54, 1.807) is 0 Å². The van der Waals surface area contributed by atoms with Gasteiger partial charge in [0.15, 0.2) is 34.6 Å². The van der Waals surface area contributed by atoms with Gasteiger partial charge in [-0.3, -0.25) is 9.59 Å². The average Bonchev–Trinajstić information content (AvgIpc) is 2.63. The first-order chi connectivity index (χ1) is 12.4. The topological polar surface area (TPSA) is 112 Å². The van der Waals surface area contributed by atoms with Gasteiger partial charge in [0.2, 0.25) is 11.5 Å². The minimum atomic E-state index is -0.582. The summed E-state index contributed by atoms with van der Waals surface area (Å²) in [4.78, 5) is 26.1. The van der Waals surface area contributed by atoms with Crippen molar-refractivity contribution in [1.82, 2.24) is 0 Å². The molecule has 0 atom stereocenters. The number of ketones is 2. The highest BCUT2D eigenvalue weighted by molar-refractivity contribution is 6.31. The number of methoxy groups -OCH3 is 4. The summed E-state index contributed by atoms with van der Waals surface area (Å²) in [7, 11) is 5.17. The van der Waals surface area contributed by atoms with Crippen molar-refractivity contribution in [3.05, 3.63) is 34.4 Å². The van der Waals surface area contributed by atoms with E-state index in [0.29, 0.717) is 0 Å². The summed E-state index contributed by atoms with van der Waals surface area (Å²) in [6.45, 7) is 0. The minimum absolute atomic E-state index is 0.0636. The molecule has 0 saturated heterocycles. The van der Waals surface area contributed by atoms with Gasteiger partial charge in [0, 0.05) is 11.1 Å². The van der Waals surface area contributed by atoms with Crippen molar-refractivity contribution in [1.29, 1.82) is 0 Å². The molecular formula is C18H16O8. The molecule has 3 rings (SSSR count). The van der Waals surface area contributed by atoms with Gasteiger partial charge in [-0.2, -0.15) is 0 Å². The zero-order valence-electron chi connectivity index (χ0n) is 14.5. The zero-order valence-corrected chi connectivity index (χ0v) is 14.5.